The fourth-order valence-corrected chi connectivity index (χ4v) is 2.93. The molecule has 0 spiro atoms. The molecule has 1 aliphatic rings. The molecule has 7 heteroatoms. The van der Waals surface area contributed by atoms with E-state index in [4.69, 9.17) is 10.5 Å². The number of aromatic nitrogens is 3. The third-order valence-corrected chi connectivity index (χ3v) is 4.25. The number of hydrogen-bond acceptors (Lipinski definition) is 7. The van der Waals surface area contributed by atoms with Gasteiger partial charge < -0.3 is 20.7 Å². The van der Waals surface area contributed by atoms with Gasteiger partial charge in [-0.3, -0.25) is 4.98 Å². The van der Waals surface area contributed by atoms with E-state index in [1.807, 2.05) is 20.0 Å². The van der Waals surface area contributed by atoms with Crippen molar-refractivity contribution in [1.82, 2.24) is 15.0 Å². The summed E-state index contributed by atoms with van der Waals surface area (Å²) in [4.78, 5) is 15.3. The first-order valence-electron chi connectivity index (χ1n) is 7.63. The average molecular weight is 314 g/mol. The SMILES string of the molecule is COc1c(C)cnc(CN2c3nc(N)ncc3NCC2C)c1C. The van der Waals surface area contributed by atoms with Crippen molar-refractivity contribution in [3.63, 3.8) is 0 Å². The number of nitrogens with one attached hydrogen (secondary N) is 1. The van der Waals surface area contributed by atoms with E-state index in [0.717, 1.165) is 40.6 Å². The molecule has 7 nitrogen and oxygen atoms in total. The zero-order valence-electron chi connectivity index (χ0n) is 13.9. The van der Waals surface area contributed by atoms with E-state index in [1.165, 1.54) is 0 Å². The van der Waals surface area contributed by atoms with Crippen LogP contribution < -0.4 is 20.7 Å². The van der Waals surface area contributed by atoms with Gasteiger partial charge in [-0.1, -0.05) is 0 Å². The van der Waals surface area contributed by atoms with Crippen LogP contribution in [0.5, 0.6) is 5.75 Å². The van der Waals surface area contributed by atoms with Crippen LogP contribution >= 0.6 is 0 Å². The summed E-state index contributed by atoms with van der Waals surface area (Å²) >= 11 is 0. The Bertz CT molecular complexity index is 733. The van der Waals surface area contributed by atoms with E-state index in [2.05, 4.69) is 32.1 Å². The second kappa shape index (κ2) is 5.91. The summed E-state index contributed by atoms with van der Waals surface area (Å²) in [6.45, 7) is 7.65. The third kappa shape index (κ3) is 2.74. The maximum Gasteiger partial charge on any atom is 0.222 e. The molecule has 0 aromatic carbocycles. The van der Waals surface area contributed by atoms with E-state index < -0.39 is 0 Å². The summed E-state index contributed by atoms with van der Waals surface area (Å²) in [5.41, 5.74) is 9.73. The number of rotatable bonds is 3. The number of anilines is 3. The van der Waals surface area contributed by atoms with E-state index in [0.29, 0.717) is 6.54 Å². The second-order valence-corrected chi connectivity index (χ2v) is 5.87. The van der Waals surface area contributed by atoms with Gasteiger partial charge in [-0.05, 0) is 20.8 Å². The van der Waals surface area contributed by atoms with Gasteiger partial charge in [0.25, 0.3) is 0 Å². The average Bonchev–Trinajstić information content (AvgIpc) is 2.53. The van der Waals surface area contributed by atoms with Gasteiger partial charge in [-0.25, -0.2) is 4.98 Å². The molecular weight excluding hydrogens is 292 g/mol. The fraction of sp³-hybridized carbons (Fsp3) is 0.438. The Labute approximate surface area is 135 Å². The highest BCUT2D eigenvalue weighted by Crippen LogP contribution is 2.32. The van der Waals surface area contributed by atoms with E-state index in [1.54, 1.807) is 13.3 Å². The smallest absolute Gasteiger partial charge is 0.222 e. The molecule has 23 heavy (non-hydrogen) atoms. The number of methoxy groups -OCH3 is 1. The number of ether oxygens (including phenoxy) is 1. The molecule has 2 aromatic rings. The van der Waals surface area contributed by atoms with Crippen molar-refractivity contribution in [3.8, 4) is 5.75 Å². The Hall–Kier alpha value is -2.57. The molecule has 1 unspecified atom stereocenters. The molecule has 1 aliphatic heterocycles. The number of nitrogens with two attached hydrogens (primary N) is 1. The summed E-state index contributed by atoms with van der Waals surface area (Å²) < 4.78 is 5.50. The molecule has 0 saturated carbocycles. The molecule has 0 aliphatic carbocycles. The molecule has 0 fully saturated rings. The summed E-state index contributed by atoms with van der Waals surface area (Å²) in [5.74, 6) is 1.98. The predicted octanol–water partition coefficient (Wildman–Crippen LogP) is 1.90. The number of pyridine rings is 1. The maximum absolute atomic E-state index is 5.77. The lowest BCUT2D eigenvalue weighted by atomic mass is 10.1. The van der Waals surface area contributed by atoms with Crippen LogP contribution in [0, 0.1) is 13.8 Å². The lowest BCUT2D eigenvalue weighted by Crippen LogP contribution is -2.42. The van der Waals surface area contributed by atoms with Crippen molar-refractivity contribution in [1.29, 1.82) is 0 Å². The minimum absolute atomic E-state index is 0.269. The lowest BCUT2D eigenvalue weighted by molar-refractivity contribution is 0.406. The van der Waals surface area contributed by atoms with E-state index >= 15 is 0 Å². The summed E-state index contributed by atoms with van der Waals surface area (Å²) in [6.07, 6.45) is 3.58. The van der Waals surface area contributed by atoms with Crippen LogP contribution in [0.15, 0.2) is 12.4 Å². The first-order chi connectivity index (χ1) is 11.0. The quantitative estimate of drug-likeness (QED) is 0.894. The first-order valence-corrected chi connectivity index (χ1v) is 7.63. The Morgan fingerprint density at radius 2 is 2.13 bits per heavy atom. The molecule has 3 rings (SSSR count). The number of aryl methyl sites for hydroxylation is 1. The minimum Gasteiger partial charge on any atom is -0.496 e. The lowest BCUT2D eigenvalue weighted by Gasteiger charge is -2.36. The Morgan fingerprint density at radius 3 is 2.87 bits per heavy atom. The number of fused-ring (bicyclic) bond motifs is 1. The molecule has 122 valence electrons. The first kappa shape index (κ1) is 15.3. The van der Waals surface area contributed by atoms with Gasteiger partial charge in [0.05, 0.1) is 31.2 Å². The molecule has 0 bridgehead atoms. The van der Waals surface area contributed by atoms with Crippen molar-refractivity contribution < 1.29 is 4.74 Å². The van der Waals surface area contributed by atoms with Crippen LogP contribution in [-0.2, 0) is 6.54 Å². The van der Waals surface area contributed by atoms with Crippen molar-refractivity contribution in [2.45, 2.75) is 33.4 Å². The van der Waals surface area contributed by atoms with Gasteiger partial charge in [0.1, 0.15) is 5.75 Å². The Morgan fingerprint density at radius 1 is 1.35 bits per heavy atom. The van der Waals surface area contributed by atoms with Gasteiger partial charge in [0, 0.05) is 29.9 Å². The van der Waals surface area contributed by atoms with Crippen LogP contribution in [0.1, 0.15) is 23.7 Å². The largest absolute Gasteiger partial charge is 0.496 e. The molecule has 1 atom stereocenters. The molecule has 0 amide bonds. The van der Waals surface area contributed by atoms with Gasteiger partial charge in [-0.15, -0.1) is 0 Å². The number of nitrogen functional groups attached to an aromatic ring is 1. The predicted molar refractivity (Wildman–Crippen MR) is 90.8 cm³/mol. The van der Waals surface area contributed by atoms with E-state index in [9.17, 15) is 0 Å². The zero-order valence-corrected chi connectivity index (χ0v) is 13.9. The van der Waals surface area contributed by atoms with Crippen LogP contribution in [-0.4, -0.2) is 34.6 Å². The second-order valence-electron chi connectivity index (χ2n) is 5.87. The Balaban J connectivity index is 1.99. The van der Waals surface area contributed by atoms with Crippen molar-refractivity contribution in [2.75, 3.05) is 29.6 Å². The van der Waals surface area contributed by atoms with Crippen LogP contribution in [0.4, 0.5) is 17.5 Å². The number of nitrogens with zero attached hydrogens (tertiary/aromatic N) is 4. The fourth-order valence-electron chi connectivity index (χ4n) is 2.93. The monoisotopic (exact) mass is 314 g/mol. The molecule has 3 N–H and O–H groups in total. The van der Waals surface area contributed by atoms with Crippen molar-refractivity contribution in [2.24, 2.45) is 0 Å². The minimum atomic E-state index is 0.269. The highest BCUT2D eigenvalue weighted by molar-refractivity contribution is 5.69. The topological polar surface area (TPSA) is 89.2 Å². The van der Waals surface area contributed by atoms with Crippen LogP contribution in [0.2, 0.25) is 0 Å². The van der Waals surface area contributed by atoms with Crippen LogP contribution in [0.25, 0.3) is 0 Å². The van der Waals surface area contributed by atoms with Crippen molar-refractivity contribution >= 4 is 17.5 Å². The molecule has 2 aromatic heterocycles. The zero-order chi connectivity index (χ0) is 16.6. The van der Waals surface area contributed by atoms with Gasteiger partial charge in [-0.2, -0.15) is 4.98 Å². The number of hydrogen-bond donors (Lipinski definition) is 2. The normalized spacial score (nSPS) is 16.7. The molecule has 3 heterocycles. The molecular formula is C16H22N6O. The van der Waals surface area contributed by atoms with E-state index in [-0.39, 0.29) is 12.0 Å². The molecule has 0 saturated heterocycles. The summed E-state index contributed by atoms with van der Waals surface area (Å²) in [7, 11) is 1.69. The van der Waals surface area contributed by atoms with Crippen molar-refractivity contribution in [3.05, 3.63) is 29.2 Å². The highest BCUT2D eigenvalue weighted by atomic mass is 16.5. The maximum atomic E-state index is 5.77. The van der Waals surface area contributed by atoms with Gasteiger partial charge >= 0.3 is 0 Å². The third-order valence-electron chi connectivity index (χ3n) is 4.25. The standard InChI is InChI=1S/C16H22N6O/c1-9-5-18-13(11(3)14(9)23-4)8-22-10(2)6-19-12-7-20-16(17)21-15(12)22/h5,7,10,19H,6,8H2,1-4H3,(H2,17,20,21). The molecule has 0 radical (unpaired) electrons. The van der Waals surface area contributed by atoms with Crippen LogP contribution in [0.3, 0.4) is 0 Å². The Kier molecular flexibility index (Phi) is 3.94. The van der Waals surface area contributed by atoms with Gasteiger partial charge in [0.15, 0.2) is 5.82 Å². The van der Waals surface area contributed by atoms with Gasteiger partial charge in [0.2, 0.25) is 5.95 Å². The summed E-state index contributed by atoms with van der Waals surface area (Å²) in [6, 6.07) is 0.269. The summed E-state index contributed by atoms with van der Waals surface area (Å²) in [5, 5.41) is 3.33. The highest BCUT2D eigenvalue weighted by Gasteiger charge is 2.26.